The number of amides is 1. The Morgan fingerprint density at radius 2 is 1.93 bits per heavy atom. The Kier molecular flexibility index (Phi) is 6.28. The molecule has 0 aliphatic heterocycles. The van der Waals surface area contributed by atoms with E-state index in [0.717, 1.165) is 11.3 Å². The van der Waals surface area contributed by atoms with E-state index in [-0.39, 0.29) is 24.5 Å². The van der Waals surface area contributed by atoms with Crippen molar-refractivity contribution >= 4 is 17.5 Å². The van der Waals surface area contributed by atoms with Gasteiger partial charge in [-0.1, -0.05) is 35.9 Å². The molecule has 1 atom stereocenters. The fourth-order valence-electron chi connectivity index (χ4n) is 3.45. The maximum absolute atomic E-state index is 12.3. The topological polar surface area (TPSA) is 78.8 Å². The summed E-state index contributed by atoms with van der Waals surface area (Å²) in [6, 6.07) is 14.3. The number of nitrogens with one attached hydrogen (secondary N) is 1. The molecule has 28 heavy (non-hydrogen) atoms. The summed E-state index contributed by atoms with van der Waals surface area (Å²) in [7, 11) is 0. The van der Waals surface area contributed by atoms with E-state index >= 15 is 0 Å². The van der Waals surface area contributed by atoms with Crippen LogP contribution in [0.25, 0.3) is 0 Å². The Morgan fingerprint density at radius 3 is 2.54 bits per heavy atom. The minimum absolute atomic E-state index is 0.0862. The number of ether oxygens (including phenoxy) is 1. The summed E-state index contributed by atoms with van der Waals surface area (Å²) in [6.45, 7) is 4.02. The molecule has 0 saturated heterocycles. The van der Waals surface area contributed by atoms with E-state index in [1.807, 2.05) is 19.9 Å². The van der Waals surface area contributed by atoms with Gasteiger partial charge in [-0.25, -0.2) is 0 Å². The lowest BCUT2D eigenvalue weighted by atomic mass is 9.67. The van der Waals surface area contributed by atoms with Gasteiger partial charge >= 0.3 is 0 Å². The second kappa shape index (κ2) is 8.52. The molecule has 0 spiro atoms. The highest BCUT2D eigenvalue weighted by Gasteiger charge is 2.47. The minimum atomic E-state index is -1.02. The SMILES string of the molecule is CC(C)Oc1ccc(C(O)CNC(=O)C2CC(O)(c3cccc(Cl)c3)C2)cc1. The van der Waals surface area contributed by atoms with E-state index in [0.29, 0.717) is 23.4 Å². The average Bonchev–Trinajstić information content (AvgIpc) is 2.63. The lowest BCUT2D eigenvalue weighted by Gasteiger charge is -2.43. The van der Waals surface area contributed by atoms with Crippen LogP contribution in [0.5, 0.6) is 5.75 Å². The first kappa shape index (κ1) is 20.6. The molecule has 1 fully saturated rings. The molecule has 1 aliphatic rings. The summed E-state index contributed by atoms with van der Waals surface area (Å²) < 4.78 is 5.58. The molecule has 3 N–H and O–H groups in total. The predicted octanol–water partition coefficient (Wildman–Crippen LogP) is 3.57. The van der Waals surface area contributed by atoms with Gasteiger partial charge in [0, 0.05) is 17.5 Å². The van der Waals surface area contributed by atoms with E-state index in [9.17, 15) is 15.0 Å². The lowest BCUT2D eigenvalue weighted by molar-refractivity contribution is -0.143. The molecule has 0 bridgehead atoms. The molecule has 1 unspecified atom stereocenters. The van der Waals surface area contributed by atoms with Crippen molar-refractivity contribution in [2.45, 2.75) is 44.5 Å². The first-order valence-electron chi connectivity index (χ1n) is 9.47. The molecule has 3 rings (SSSR count). The van der Waals surface area contributed by atoms with E-state index in [4.69, 9.17) is 16.3 Å². The molecule has 6 heteroatoms. The monoisotopic (exact) mass is 403 g/mol. The summed E-state index contributed by atoms with van der Waals surface area (Å²) >= 11 is 5.98. The Bertz CT molecular complexity index is 816. The van der Waals surface area contributed by atoms with Gasteiger partial charge in [-0.15, -0.1) is 0 Å². The Morgan fingerprint density at radius 1 is 1.25 bits per heavy atom. The maximum atomic E-state index is 12.3. The van der Waals surface area contributed by atoms with Gasteiger partial charge in [0.05, 0.1) is 17.8 Å². The third-order valence-corrected chi connectivity index (χ3v) is 5.24. The van der Waals surface area contributed by atoms with Crippen LogP contribution in [0.4, 0.5) is 0 Å². The zero-order valence-corrected chi connectivity index (χ0v) is 16.8. The number of rotatable bonds is 7. The van der Waals surface area contributed by atoms with Crippen molar-refractivity contribution < 1.29 is 19.7 Å². The van der Waals surface area contributed by atoms with Gasteiger partial charge in [-0.2, -0.15) is 0 Å². The Hall–Kier alpha value is -2.08. The second-order valence-electron chi connectivity index (χ2n) is 7.64. The zero-order chi connectivity index (χ0) is 20.3. The third-order valence-electron chi connectivity index (χ3n) is 5.01. The number of halogens is 1. The van der Waals surface area contributed by atoms with Gasteiger partial charge in [-0.05, 0) is 62.1 Å². The van der Waals surface area contributed by atoms with Gasteiger partial charge in [0.2, 0.25) is 5.91 Å². The van der Waals surface area contributed by atoms with Crippen LogP contribution in [0.15, 0.2) is 48.5 Å². The van der Waals surface area contributed by atoms with Crippen molar-refractivity contribution in [1.82, 2.24) is 5.32 Å². The van der Waals surface area contributed by atoms with Crippen molar-refractivity contribution in [1.29, 1.82) is 0 Å². The molecule has 150 valence electrons. The number of aliphatic hydroxyl groups excluding tert-OH is 1. The number of hydrogen-bond donors (Lipinski definition) is 3. The molecule has 0 heterocycles. The minimum Gasteiger partial charge on any atom is -0.491 e. The Balaban J connectivity index is 1.48. The van der Waals surface area contributed by atoms with Gasteiger partial charge in [-0.3, -0.25) is 4.79 Å². The molecule has 1 aliphatic carbocycles. The number of carbonyl (C=O) groups is 1. The summed E-state index contributed by atoms with van der Waals surface area (Å²) in [5, 5.41) is 24.3. The molecule has 2 aromatic rings. The first-order valence-corrected chi connectivity index (χ1v) is 9.85. The van der Waals surface area contributed by atoms with Crippen LogP contribution in [-0.4, -0.2) is 28.8 Å². The van der Waals surface area contributed by atoms with E-state index in [2.05, 4.69) is 5.32 Å². The number of hydrogen-bond acceptors (Lipinski definition) is 4. The molecule has 1 amide bonds. The van der Waals surface area contributed by atoms with Crippen molar-refractivity contribution in [3.05, 3.63) is 64.7 Å². The van der Waals surface area contributed by atoms with Crippen LogP contribution in [-0.2, 0) is 10.4 Å². The van der Waals surface area contributed by atoms with Crippen LogP contribution >= 0.6 is 11.6 Å². The number of benzene rings is 2. The van der Waals surface area contributed by atoms with Crippen LogP contribution in [0, 0.1) is 5.92 Å². The quantitative estimate of drug-likeness (QED) is 0.660. The summed E-state index contributed by atoms with van der Waals surface area (Å²) in [5.41, 5.74) is 0.422. The predicted molar refractivity (Wildman–Crippen MR) is 108 cm³/mol. The third kappa shape index (κ3) is 4.85. The normalized spacial score (nSPS) is 22.4. The number of carbonyl (C=O) groups excluding carboxylic acids is 1. The molecule has 1 saturated carbocycles. The van der Waals surface area contributed by atoms with Gasteiger partial charge in [0.1, 0.15) is 5.75 Å². The molecule has 0 radical (unpaired) electrons. The van der Waals surface area contributed by atoms with Crippen LogP contribution in [0.3, 0.4) is 0 Å². The summed E-state index contributed by atoms with van der Waals surface area (Å²) in [5.74, 6) is 0.299. The molecule has 0 aromatic heterocycles. The van der Waals surface area contributed by atoms with Crippen molar-refractivity contribution in [2.75, 3.05) is 6.54 Å². The zero-order valence-electron chi connectivity index (χ0n) is 16.1. The summed E-state index contributed by atoms with van der Waals surface area (Å²) in [6.07, 6.45) is -0.0282. The van der Waals surface area contributed by atoms with Gasteiger partial charge in [0.15, 0.2) is 0 Å². The van der Waals surface area contributed by atoms with E-state index in [1.54, 1.807) is 42.5 Å². The standard InChI is InChI=1S/C22H26ClNO4/c1-14(2)28-19-8-6-15(7-9-19)20(25)13-24-21(26)16-11-22(27,12-16)17-4-3-5-18(23)10-17/h3-10,14,16,20,25,27H,11-13H2,1-2H3,(H,24,26). The molecule has 5 nitrogen and oxygen atoms in total. The first-order chi connectivity index (χ1) is 13.3. The summed E-state index contributed by atoms with van der Waals surface area (Å²) in [4.78, 5) is 12.3. The van der Waals surface area contributed by atoms with Crippen molar-refractivity contribution in [2.24, 2.45) is 5.92 Å². The smallest absolute Gasteiger partial charge is 0.223 e. The highest BCUT2D eigenvalue weighted by molar-refractivity contribution is 6.30. The molecule has 2 aromatic carbocycles. The molecular formula is C22H26ClNO4. The van der Waals surface area contributed by atoms with Crippen molar-refractivity contribution in [3.63, 3.8) is 0 Å². The van der Waals surface area contributed by atoms with Crippen LogP contribution in [0.2, 0.25) is 5.02 Å². The molecular weight excluding hydrogens is 378 g/mol. The lowest BCUT2D eigenvalue weighted by Crippen LogP contribution is -2.48. The fraction of sp³-hybridized carbons (Fsp3) is 0.409. The van der Waals surface area contributed by atoms with Gasteiger partial charge < -0.3 is 20.3 Å². The largest absolute Gasteiger partial charge is 0.491 e. The maximum Gasteiger partial charge on any atom is 0.223 e. The number of aliphatic hydroxyl groups is 2. The van der Waals surface area contributed by atoms with Crippen LogP contribution < -0.4 is 10.1 Å². The highest BCUT2D eigenvalue weighted by atomic mass is 35.5. The van der Waals surface area contributed by atoms with Gasteiger partial charge in [0.25, 0.3) is 0 Å². The highest BCUT2D eigenvalue weighted by Crippen LogP contribution is 2.46. The van der Waals surface area contributed by atoms with Crippen LogP contribution in [0.1, 0.15) is 43.9 Å². The Labute approximate surface area is 170 Å². The van der Waals surface area contributed by atoms with E-state index < -0.39 is 11.7 Å². The van der Waals surface area contributed by atoms with Crippen molar-refractivity contribution in [3.8, 4) is 5.75 Å². The second-order valence-corrected chi connectivity index (χ2v) is 8.08. The fourth-order valence-corrected chi connectivity index (χ4v) is 3.64. The van der Waals surface area contributed by atoms with E-state index in [1.165, 1.54) is 0 Å². The average molecular weight is 404 g/mol.